The number of rotatable bonds is 12. The number of pyridine rings is 1. The van der Waals surface area contributed by atoms with Crippen molar-refractivity contribution in [2.75, 3.05) is 52.0 Å². The summed E-state index contributed by atoms with van der Waals surface area (Å²) in [7, 11) is 1.63. The van der Waals surface area contributed by atoms with E-state index in [4.69, 9.17) is 14.2 Å². The van der Waals surface area contributed by atoms with Gasteiger partial charge in [0.2, 0.25) is 5.91 Å². The van der Waals surface area contributed by atoms with Crippen LogP contribution in [0.2, 0.25) is 0 Å². The molecule has 1 aliphatic heterocycles. The Bertz CT molecular complexity index is 1080. The molecule has 0 aliphatic carbocycles. The van der Waals surface area contributed by atoms with E-state index in [1.165, 1.54) is 0 Å². The van der Waals surface area contributed by atoms with Crippen molar-refractivity contribution in [3.8, 4) is 0 Å². The second-order valence-corrected chi connectivity index (χ2v) is 8.35. The standard InChI is InChI=1S/C24H32N6O5/c1-33-11-12-35-14-13-34-10-7-22(31)30-9-3-2-6-20(30)18-16-21(29-28-18)27-24(32)19-15-17-5-4-8-25-23(17)26-19/h4-5,8,15-16,20H,2-3,6-7,9-14H2,1H3,(H,25,26)(H2,27,28,29,32)/t20-/m1/s1. The number of aromatic nitrogens is 4. The van der Waals surface area contributed by atoms with E-state index in [2.05, 4.69) is 25.5 Å². The van der Waals surface area contributed by atoms with E-state index < -0.39 is 0 Å². The normalized spacial score (nSPS) is 16.0. The first-order valence-electron chi connectivity index (χ1n) is 11.9. The van der Waals surface area contributed by atoms with Crippen LogP contribution in [0.5, 0.6) is 0 Å². The molecule has 2 amide bonds. The minimum Gasteiger partial charge on any atom is -0.382 e. The highest BCUT2D eigenvalue weighted by Gasteiger charge is 2.29. The molecule has 3 aromatic rings. The van der Waals surface area contributed by atoms with E-state index >= 15 is 0 Å². The molecule has 0 unspecified atom stereocenters. The third-order valence-corrected chi connectivity index (χ3v) is 5.92. The van der Waals surface area contributed by atoms with Crippen molar-refractivity contribution in [2.24, 2.45) is 0 Å². The molecule has 35 heavy (non-hydrogen) atoms. The van der Waals surface area contributed by atoms with Crippen molar-refractivity contribution in [2.45, 2.75) is 31.7 Å². The first kappa shape index (κ1) is 24.8. The zero-order valence-electron chi connectivity index (χ0n) is 19.9. The third kappa shape index (κ3) is 6.65. The zero-order chi connectivity index (χ0) is 24.5. The molecule has 188 valence electrons. The van der Waals surface area contributed by atoms with Gasteiger partial charge in [-0.25, -0.2) is 4.98 Å². The lowest BCUT2D eigenvalue weighted by Gasteiger charge is -2.35. The molecule has 0 bridgehead atoms. The van der Waals surface area contributed by atoms with Gasteiger partial charge in [-0.05, 0) is 37.5 Å². The Morgan fingerprint density at radius 2 is 1.97 bits per heavy atom. The monoisotopic (exact) mass is 484 g/mol. The predicted molar refractivity (Wildman–Crippen MR) is 129 cm³/mol. The lowest BCUT2D eigenvalue weighted by Crippen LogP contribution is -2.39. The molecule has 11 nitrogen and oxygen atoms in total. The molecule has 1 atom stereocenters. The summed E-state index contributed by atoms with van der Waals surface area (Å²) in [5.74, 6) is 0.146. The largest absolute Gasteiger partial charge is 0.382 e. The van der Waals surface area contributed by atoms with E-state index in [1.54, 1.807) is 25.4 Å². The number of H-pyrrole nitrogens is 2. The van der Waals surface area contributed by atoms with Crippen LogP contribution < -0.4 is 5.32 Å². The van der Waals surface area contributed by atoms with Gasteiger partial charge in [-0.15, -0.1) is 0 Å². The summed E-state index contributed by atoms with van der Waals surface area (Å²) in [6, 6.07) is 7.15. The minimum absolute atomic E-state index is 0.0424. The van der Waals surface area contributed by atoms with Gasteiger partial charge in [0.05, 0.1) is 51.2 Å². The molecular weight excluding hydrogens is 452 g/mol. The summed E-state index contributed by atoms with van der Waals surface area (Å²) in [5, 5.41) is 10.9. The number of methoxy groups -OCH3 is 1. The molecule has 3 N–H and O–H groups in total. The first-order chi connectivity index (χ1) is 17.2. The molecule has 1 fully saturated rings. The molecule has 4 rings (SSSR count). The topological polar surface area (TPSA) is 134 Å². The minimum atomic E-state index is -0.305. The Balaban J connectivity index is 1.29. The Labute approximate surface area is 203 Å². The van der Waals surface area contributed by atoms with E-state index in [-0.39, 0.29) is 17.9 Å². The van der Waals surface area contributed by atoms with E-state index in [0.717, 1.165) is 30.3 Å². The number of amides is 2. The highest BCUT2D eigenvalue weighted by Crippen LogP contribution is 2.31. The van der Waals surface area contributed by atoms with Gasteiger partial charge in [-0.2, -0.15) is 5.10 Å². The number of hydrogen-bond acceptors (Lipinski definition) is 7. The van der Waals surface area contributed by atoms with Crippen molar-refractivity contribution in [3.05, 3.63) is 41.9 Å². The molecule has 0 aromatic carbocycles. The van der Waals surface area contributed by atoms with Crippen LogP contribution in [0, 0.1) is 0 Å². The molecule has 0 radical (unpaired) electrons. The highest BCUT2D eigenvalue weighted by atomic mass is 16.5. The van der Waals surface area contributed by atoms with Crippen LogP contribution in [-0.4, -0.2) is 83.6 Å². The maximum atomic E-state index is 12.9. The molecule has 4 heterocycles. The average molecular weight is 485 g/mol. The van der Waals surface area contributed by atoms with Gasteiger partial charge in [0.15, 0.2) is 5.82 Å². The summed E-state index contributed by atoms with van der Waals surface area (Å²) in [6.45, 7) is 3.03. The third-order valence-electron chi connectivity index (χ3n) is 5.92. The molecular formula is C24H32N6O5. The number of carbonyl (C=O) groups excluding carboxylic acids is 2. The maximum Gasteiger partial charge on any atom is 0.273 e. The van der Waals surface area contributed by atoms with Gasteiger partial charge in [0.25, 0.3) is 5.91 Å². The van der Waals surface area contributed by atoms with Crippen molar-refractivity contribution < 1.29 is 23.8 Å². The summed E-state index contributed by atoms with van der Waals surface area (Å²) in [5.41, 5.74) is 1.86. The second kappa shape index (κ2) is 12.4. The number of fused-ring (bicyclic) bond motifs is 1. The summed E-state index contributed by atoms with van der Waals surface area (Å²) >= 11 is 0. The van der Waals surface area contributed by atoms with Crippen LogP contribution in [0.25, 0.3) is 11.0 Å². The number of anilines is 1. The van der Waals surface area contributed by atoms with Crippen molar-refractivity contribution in [3.63, 3.8) is 0 Å². The number of likely N-dealkylation sites (tertiary alicyclic amines) is 1. The predicted octanol–water partition coefficient (Wildman–Crippen LogP) is 2.66. The van der Waals surface area contributed by atoms with Crippen LogP contribution in [0.4, 0.5) is 5.82 Å². The molecule has 0 spiro atoms. The first-order valence-corrected chi connectivity index (χ1v) is 11.9. The van der Waals surface area contributed by atoms with Crippen LogP contribution in [0.3, 0.4) is 0 Å². The molecule has 11 heteroatoms. The summed E-state index contributed by atoms with van der Waals surface area (Å²) < 4.78 is 15.8. The smallest absolute Gasteiger partial charge is 0.273 e. The highest BCUT2D eigenvalue weighted by molar-refractivity contribution is 6.05. The van der Waals surface area contributed by atoms with Gasteiger partial charge >= 0.3 is 0 Å². The van der Waals surface area contributed by atoms with Crippen molar-refractivity contribution in [1.82, 2.24) is 25.1 Å². The fourth-order valence-electron chi connectivity index (χ4n) is 4.16. The van der Waals surface area contributed by atoms with Crippen molar-refractivity contribution >= 4 is 28.7 Å². The van der Waals surface area contributed by atoms with Gasteiger partial charge < -0.3 is 29.4 Å². The van der Waals surface area contributed by atoms with E-state index in [9.17, 15) is 9.59 Å². The number of hydrogen-bond donors (Lipinski definition) is 3. The zero-order valence-corrected chi connectivity index (χ0v) is 19.9. The fourth-order valence-corrected chi connectivity index (χ4v) is 4.16. The Hall–Kier alpha value is -3.28. The average Bonchev–Trinajstić information content (AvgIpc) is 3.53. The van der Waals surface area contributed by atoms with Crippen molar-refractivity contribution in [1.29, 1.82) is 0 Å². The summed E-state index contributed by atoms with van der Waals surface area (Å²) in [4.78, 5) is 34.7. The summed E-state index contributed by atoms with van der Waals surface area (Å²) in [6.07, 6.45) is 4.79. The van der Waals surface area contributed by atoms with Gasteiger partial charge in [-0.1, -0.05) is 0 Å². The molecule has 1 aliphatic rings. The Morgan fingerprint density at radius 1 is 1.14 bits per heavy atom. The lowest BCUT2D eigenvalue weighted by molar-refractivity contribution is -0.136. The molecule has 3 aromatic heterocycles. The number of aromatic amines is 2. The van der Waals surface area contributed by atoms with E-state index in [1.807, 2.05) is 17.0 Å². The van der Waals surface area contributed by atoms with Crippen LogP contribution >= 0.6 is 0 Å². The van der Waals surface area contributed by atoms with Gasteiger partial charge in [0, 0.05) is 31.3 Å². The van der Waals surface area contributed by atoms with Gasteiger partial charge in [-0.3, -0.25) is 14.7 Å². The second-order valence-electron chi connectivity index (χ2n) is 8.35. The number of ether oxygens (including phenoxy) is 3. The van der Waals surface area contributed by atoms with Crippen LogP contribution in [-0.2, 0) is 19.0 Å². The van der Waals surface area contributed by atoms with Crippen LogP contribution in [0.1, 0.15) is 47.9 Å². The Kier molecular flexibility index (Phi) is 8.82. The molecule has 1 saturated heterocycles. The maximum absolute atomic E-state index is 12.9. The number of piperidine rings is 1. The molecule has 0 saturated carbocycles. The van der Waals surface area contributed by atoms with Crippen LogP contribution in [0.15, 0.2) is 30.5 Å². The Morgan fingerprint density at radius 3 is 2.80 bits per heavy atom. The SMILES string of the molecule is COCCOCCOCCC(=O)N1CCCC[C@@H]1c1cc(NC(=O)c2cc3cccnc3[nH]2)n[nH]1. The number of nitrogens with one attached hydrogen (secondary N) is 3. The van der Waals surface area contributed by atoms with E-state index in [0.29, 0.717) is 63.2 Å². The quantitative estimate of drug-likeness (QED) is 0.336. The van der Waals surface area contributed by atoms with Gasteiger partial charge in [0.1, 0.15) is 11.3 Å². The number of carbonyl (C=O) groups is 2. The number of nitrogens with zero attached hydrogens (tertiary/aromatic N) is 3. The fraction of sp³-hybridized carbons (Fsp3) is 0.500. The lowest BCUT2D eigenvalue weighted by atomic mass is 9.99.